The van der Waals surface area contributed by atoms with E-state index in [4.69, 9.17) is 4.74 Å². The minimum atomic E-state index is -0.0173. The molecular formula is C8H16N2O2. The number of carbonyl (C=O) groups excluding carboxylic acids is 1. The average Bonchev–Trinajstić information content (AvgIpc) is 1.81. The fraction of sp³-hybridized carbons (Fsp3) is 0.875. The highest BCUT2D eigenvalue weighted by atomic mass is 16.5. The number of carbonyl (C=O) groups is 1. The molecule has 1 saturated heterocycles. The maximum absolute atomic E-state index is 10.7. The van der Waals surface area contributed by atoms with Crippen LogP contribution in [0.5, 0.6) is 0 Å². The molecule has 1 fully saturated rings. The Kier molecular flexibility index (Phi) is 3.05. The molecule has 1 N–H and O–H groups in total. The first-order valence-corrected chi connectivity index (χ1v) is 4.25. The lowest BCUT2D eigenvalue weighted by Crippen LogP contribution is -2.53. The van der Waals surface area contributed by atoms with Crippen molar-refractivity contribution < 1.29 is 9.53 Å². The molecule has 4 nitrogen and oxygen atoms in total. The number of morpholine rings is 1. The van der Waals surface area contributed by atoms with Crippen LogP contribution in [-0.4, -0.2) is 36.2 Å². The Balaban J connectivity index is 2.38. The third-order valence-corrected chi connectivity index (χ3v) is 1.74. The highest BCUT2D eigenvalue weighted by molar-refractivity contribution is 5.72. The van der Waals surface area contributed by atoms with Gasteiger partial charge in [0.25, 0.3) is 0 Å². The predicted octanol–water partition coefficient (Wildman–Crippen LogP) is 0.147. The minimum absolute atomic E-state index is 0.0173. The van der Waals surface area contributed by atoms with Gasteiger partial charge in [-0.05, 0) is 13.8 Å². The Labute approximate surface area is 72.8 Å². The van der Waals surface area contributed by atoms with E-state index in [-0.39, 0.29) is 18.1 Å². The van der Waals surface area contributed by atoms with Gasteiger partial charge in [-0.15, -0.1) is 0 Å². The van der Waals surface area contributed by atoms with E-state index in [2.05, 4.69) is 5.43 Å². The van der Waals surface area contributed by atoms with Crippen molar-refractivity contribution in [3.05, 3.63) is 0 Å². The molecule has 2 atom stereocenters. The average molecular weight is 172 g/mol. The van der Waals surface area contributed by atoms with E-state index in [9.17, 15) is 4.79 Å². The normalized spacial score (nSPS) is 31.6. The molecule has 1 rings (SSSR count). The summed E-state index contributed by atoms with van der Waals surface area (Å²) in [6.45, 7) is 7.06. The second-order valence-corrected chi connectivity index (χ2v) is 3.33. The van der Waals surface area contributed by atoms with Gasteiger partial charge in [0.05, 0.1) is 12.2 Å². The van der Waals surface area contributed by atoms with Gasteiger partial charge >= 0.3 is 0 Å². The Morgan fingerprint density at radius 1 is 1.42 bits per heavy atom. The first kappa shape index (κ1) is 9.48. The van der Waals surface area contributed by atoms with Crippen molar-refractivity contribution in [1.29, 1.82) is 0 Å². The summed E-state index contributed by atoms with van der Waals surface area (Å²) in [5.41, 5.74) is 2.76. The molecule has 0 aromatic heterocycles. The van der Waals surface area contributed by atoms with Gasteiger partial charge in [0, 0.05) is 20.0 Å². The SMILES string of the molecule is CC(=O)NN1CC(C)OC(C)C1. The molecule has 2 unspecified atom stereocenters. The lowest BCUT2D eigenvalue weighted by Gasteiger charge is -2.34. The lowest BCUT2D eigenvalue weighted by atomic mass is 10.2. The Bertz CT molecular complexity index is 162. The van der Waals surface area contributed by atoms with Crippen LogP contribution in [0.1, 0.15) is 20.8 Å². The molecule has 0 aromatic rings. The van der Waals surface area contributed by atoms with Crippen LogP contribution in [0.4, 0.5) is 0 Å². The van der Waals surface area contributed by atoms with E-state index in [0.29, 0.717) is 0 Å². The zero-order valence-corrected chi connectivity index (χ0v) is 7.83. The van der Waals surface area contributed by atoms with E-state index < -0.39 is 0 Å². The maximum Gasteiger partial charge on any atom is 0.231 e. The van der Waals surface area contributed by atoms with Crippen molar-refractivity contribution in [3.63, 3.8) is 0 Å². The topological polar surface area (TPSA) is 41.6 Å². The smallest absolute Gasteiger partial charge is 0.231 e. The van der Waals surface area contributed by atoms with Crippen LogP contribution in [0, 0.1) is 0 Å². The summed E-state index contributed by atoms with van der Waals surface area (Å²) < 4.78 is 5.50. The fourth-order valence-corrected chi connectivity index (χ4v) is 1.49. The second-order valence-electron chi connectivity index (χ2n) is 3.33. The van der Waals surface area contributed by atoms with Crippen molar-refractivity contribution >= 4 is 5.91 Å². The number of amides is 1. The third kappa shape index (κ3) is 2.79. The second kappa shape index (κ2) is 3.87. The van der Waals surface area contributed by atoms with Crippen LogP contribution < -0.4 is 5.43 Å². The fourth-order valence-electron chi connectivity index (χ4n) is 1.49. The number of nitrogens with one attached hydrogen (secondary N) is 1. The highest BCUT2D eigenvalue weighted by Crippen LogP contribution is 2.07. The van der Waals surface area contributed by atoms with Crippen molar-refractivity contribution in [3.8, 4) is 0 Å². The van der Waals surface area contributed by atoms with E-state index >= 15 is 0 Å². The molecule has 0 bridgehead atoms. The summed E-state index contributed by atoms with van der Waals surface area (Å²) >= 11 is 0. The summed E-state index contributed by atoms with van der Waals surface area (Å²) in [4.78, 5) is 10.7. The van der Waals surface area contributed by atoms with Crippen LogP contribution in [0.2, 0.25) is 0 Å². The number of hydrogen-bond acceptors (Lipinski definition) is 3. The van der Waals surface area contributed by atoms with Crippen molar-refractivity contribution in [2.75, 3.05) is 13.1 Å². The summed E-state index contributed by atoms with van der Waals surface area (Å²) in [5, 5.41) is 1.90. The number of hydrazine groups is 1. The number of rotatable bonds is 1. The predicted molar refractivity (Wildman–Crippen MR) is 45.4 cm³/mol. The van der Waals surface area contributed by atoms with Gasteiger partial charge in [-0.25, -0.2) is 5.01 Å². The molecule has 12 heavy (non-hydrogen) atoms. The monoisotopic (exact) mass is 172 g/mol. The van der Waals surface area contributed by atoms with E-state index in [1.165, 1.54) is 6.92 Å². The van der Waals surface area contributed by atoms with Gasteiger partial charge in [0.1, 0.15) is 0 Å². The summed E-state index contributed by atoms with van der Waals surface area (Å²) in [6.07, 6.45) is 0.390. The zero-order chi connectivity index (χ0) is 9.14. The lowest BCUT2D eigenvalue weighted by molar-refractivity contribution is -0.131. The Morgan fingerprint density at radius 3 is 2.33 bits per heavy atom. The van der Waals surface area contributed by atoms with E-state index in [1.807, 2.05) is 18.9 Å². The summed E-state index contributed by atoms with van der Waals surface area (Å²) in [6, 6.07) is 0. The van der Waals surface area contributed by atoms with Gasteiger partial charge in [-0.3, -0.25) is 10.2 Å². The standard InChI is InChI=1S/C8H16N2O2/c1-6-4-10(9-8(3)11)5-7(2)12-6/h6-7H,4-5H2,1-3H3,(H,9,11). The van der Waals surface area contributed by atoms with Gasteiger partial charge in [0.2, 0.25) is 5.91 Å². The van der Waals surface area contributed by atoms with Gasteiger partial charge in [-0.2, -0.15) is 0 Å². The first-order chi connectivity index (χ1) is 5.58. The zero-order valence-electron chi connectivity index (χ0n) is 7.83. The maximum atomic E-state index is 10.7. The molecule has 0 saturated carbocycles. The van der Waals surface area contributed by atoms with E-state index in [0.717, 1.165) is 13.1 Å². The Morgan fingerprint density at radius 2 is 1.92 bits per heavy atom. The van der Waals surface area contributed by atoms with Gasteiger partial charge in [0.15, 0.2) is 0 Å². The van der Waals surface area contributed by atoms with Gasteiger partial charge in [-0.1, -0.05) is 0 Å². The molecule has 0 spiro atoms. The quantitative estimate of drug-likeness (QED) is 0.612. The van der Waals surface area contributed by atoms with E-state index in [1.54, 1.807) is 0 Å². The molecule has 1 heterocycles. The van der Waals surface area contributed by atoms with Gasteiger partial charge < -0.3 is 4.74 Å². The number of ether oxygens (including phenoxy) is 1. The molecule has 0 radical (unpaired) electrons. The Hall–Kier alpha value is -0.610. The van der Waals surface area contributed by atoms with Crippen molar-refractivity contribution in [2.24, 2.45) is 0 Å². The highest BCUT2D eigenvalue weighted by Gasteiger charge is 2.22. The van der Waals surface area contributed by atoms with Crippen LogP contribution in [0.3, 0.4) is 0 Å². The van der Waals surface area contributed by atoms with Crippen LogP contribution in [0.25, 0.3) is 0 Å². The summed E-state index contributed by atoms with van der Waals surface area (Å²) in [5.74, 6) is -0.0173. The molecule has 4 heteroatoms. The largest absolute Gasteiger partial charge is 0.373 e. The van der Waals surface area contributed by atoms with Crippen LogP contribution in [0.15, 0.2) is 0 Å². The molecule has 0 aromatic carbocycles. The molecular weight excluding hydrogens is 156 g/mol. The molecule has 1 aliphatic rings. The summed E-state index contributed by atoms with van der Waals surface area (Å²) in [7, 11) is 0. The van der Waals surface area contributed by atoms with Crippen LogP contribution >= 0.6 is 0 Å². The molecule has 1 aliphatic heterocycles. The molecule has 70 valence electrons. The number of hydrogen-bond donors (Lipinski definition) is 1. The third-order valence-electron chi connectivity index (χ3n) is 1.74. The minimum Gasteiger partial charge on any atom is -0.373 e. The molecule has 1 amide bonds. The molecule has 0 aliphatic carbocycles. The van der Waals surface area contributed by atoms with Crippen molar-refractivity contribution in [1.82, 2.24) is 10.4 Å². The van der Waals surface area contributed by atoms with Crippen LogP contribution in [-0.2, 0) is 9.53 Å². The van der Waals surface area contributed by atoms with Crippen molar-refractivity contribution in [2.45, 2.75) is 33.0 Å². The first-order valence-electron chi connectivity index (χ1n) is 4.25. The number of nitrogens with zero attached hydrogens (tertiary/aromatic N) is 1.